The summed E-state index contributed by atoms with van der Waals surface area (Å²) in [6, 6.07) is 12.8. The van der Waals surface area contributed by atoms with Crippen molar-refractivity contribution >= 4 is 0 Å². The van der Waals surface area contributed by atoms with Crippen LogP contribution in [-0.2, 0) is 0 Å². The highest BCUT2D eigenvalue weighted by Gasteiger charge is 2.32. The Hall–Kier alpha value is -0.860. The minimum absolute atomic E-state index is 0.521. The van der Waals surface area contributed by atoms with Crippen LogP contribution in [0.15, 0.2) is 30.3 Å². The molecule has 0 spiro atoms. The Kier molecular flexibility index (Phi) is 5.62. The van der Waals surface area contributed by atoms with Crippen LogP contribution in [0.2, 0.25) is 0 Å². The molecule has 3 atom stereocenters. The largest absolute Gasteiger partial charge is 0.311 e. The summed E-state index contributed by atoms with van der Waals surface area (Å²) in [4.78, 5) is 2.72. The van der Waals surface area contributed by atoms with E-state index in [1.807, 2.05) is 0 Å². The van der Waals surface area contributed by atoms with E-state index in [4.69, 9.17) is 0 Å². The number of nitrogens with zero attached hydrogens (tertiary/aromatic N) is 1. The van der Waals surface area contributed by atoms with E-state index in [1.54, 1.807) is 0 Å². The van der Waals surface area contributed by atoms with Gasteiger partial charge in [-0.1, -0.05) is 57.5 Å². The molecule has 1 heterocycles. The molecule has 1 fully saturated rings. The van der Waals surface area contributed by atoms with E-state index in [-0.39, 0.29) is 0 Å². The average Bonchev–Trinajstić information content (AvgIpc) is 2.47. The number of piperazine rings is 1. The maximum Gasteiger partial charge on any atom is 0.0476 e. The normalized spacial score (nSPS) is 25.9. The van der Waals surface area contributed by atoms with Crippen molar-refractivity contribution in [2.24, 2.45) is 5.92 Å². The van der Waals surface area contributed by atoms with Crippen molar-refractivity contribution in [1.29, 1.82) is 0 Å². The van der Waals surface area contributed by atoms with Crippen molar-refractivity contribution in [3.63, 3.8) is 0 Å². The summed E-state index contributed by atoms with van der Waals surface area (Å²) in [5.74, 6) is 0.697. The SMILES string of the molecule is CCCC(C)N1CC(C(C)C)NCC1c1ccccc1. The lowest BCUT2D eigenvalue weighted by Crippen LogP contribution is -2.56. The fraction of sp³-hybridized carbons (Fsp3) is 0.667. The Balaban J connectivity index is 2.17. The van der Waals surface area contributed by atoms with Crippen LogP contribution >= 0.6 is 0 Å². The number of hydrogen-bond acceptors (Lipinski definition) is 2. The van der Waals surface area contributed by atoms with Gasteiger partial charge < -0.3 is 5.32 Å². The van der Waals surface area contributed by atoms with Gasteiger partial charge in [-0.2, -0.15) is 0 Å². The van der Waals surface area contributed by atoms with Gasteiger partial charge in [-0.25, -0.2) is 0 Å². The van der Waals surface area contributed by atoms with Crippen LogP contribution in [0.5, 0.6) is 0 Å². The first-order chi connectivity index (χ1) is 9.63. The zero-order valence-corrected chi connectivity index (χ0v) is 13.5. The first kappa shape index (κ1) is 15.5. The first-order valence-corrected chi connectivity index (χ1v) is 8.17. The number of nitrogens with one attached hydrogen (secondary N) is 1. The molecule has 2 rings (SSSR count). The highest BCUT2D eigenvalue weighted by molar-refractivity contribution is 5.20. The van der Waals surface area contributed by atoms with Gasteiger partial charge in [-0.3, -0.25) is 4.90 Å². The topological polar surface area (TPSA) is 15.3 Å². The van der Waals surface area contributed by atoms with Crippen LogP contribution in [0.3, 0.4) is 0 Å². The van der Waals surface area contributed by atoms with Gasteiger partial charge in [-0.05, 0) is 24.8 Å². The third-order valence-corrected chi connectivity index (χ3v) is 4.64. The fourth-order valence-corrected chi connectivity index (χ4v) is 3.30. The molecule has 2 nitrogen and oxygen atoms in total. The van der Waals surface area contributed by atoms with E-state index in [0.29, 0.717) is 24.0 Å². The smallest absolute Gasteiger partial charge is 0.0476 e. The lowest BCUT2D eigenvalue weighted by Gasteiger charge is -2.45. The molecule has 1 aliphatic heterocycles. The molecule has 2 heteroatoms. The zero-order chi connectivity index (χ0) is 14.5. The summed E-state index contributed by atoms with van der Waals surface area (Å²) in [7, 11) is 0. The summed E-state index contributed by atoms with van der Waals surface area (Å²) in [6.07, 6.45) is 2.55. The van der Waals surface area contributed by atoms with E-state index in [0.717, 1.165) is 6.54 Å². The summed E-state index contributed by atoms with van der Waals surface area (Å²) >= 11 is 0. The van der Waals surface area contributed by atoms with Crippen molar-refractivity contribution < 1.29 is 0 Å². The molecule has 0 amide bonds. The summed E-state index contributed by atoms with van der Waals surface area (Å²) in [5, 5.41) is 3.75. The summed E-state index contributed by atoms with van der Waals surface area (Å²) in [6.45, 7) is 11.6. The predicted molar refractivity (Wildman–Crippen MR) is 86.9 cm³/mol. The summed E-state index contributed by atoms with van der Waals surface area (Å²) < 4.78 is 0. The first-order valence-electron chi connectivity index (χ1n) is 8.17. The Bertz CT molecular complexity index is 388. The van der Waals surface area contributed by atoms with Crippen LogP contribution in [0.4, 0.5) is 0 Å². The van der Waals surface area contributed by atoms with Gasteiger partial charge in [0.1, 0.15) is 0 Å². The third kappa shape index (κ3) is 3.62. The Morgan fingerprint density at radius 2 is 1.90 bits per heavy atom. The average molecular weight is 274 g/mol. The maximum absolute atomic E-state index is 3.75. The van der Waals surface area contributed by atoms with Crippen LogP contribution in [-0.4, -0.2) is 30.1 Å². The van der Waals surface area contributed by atoms with Gasteiger partial charge in [0, 0.05) is 31.2 Å². The molecule has 1 aliphatic rings. The zero-order valence-electron chi connectivity index (χ0n) is 13.5. The molecule has 1 aromatic rings. The lowest BCUT2D eigenvalue weighted by molar-refractivity contribution is 0.0716. The van der Waals surface area contributed by atoms with Gasteiger partial charge in [0.05, 0.1) is 0 Å². The molecule has 0 saturated carbocycles. The van der Waals surface area contributed by atoms with E-state index in [1.165, 1.54) is 24.9 Å². The second-order valence-electron chi connectivity index (χ2n) is 6.52. The van der Waals surface area contributed by atoms with Gasteiger partial charge >= 0.3 is 0 Å². The van der Waals surface area contributed by atoms with Gasteiger partial charge in [-0.15, -0.1) is 0 Å². The monoisotopic (exact) mass is 274 g/mol. The summed E-state index contributed by atoms with van der Waals surface area (Å²) in [5.41, 5.74) is 1.45. The lowest BCUT2D eigenvalue weighted by atomic mass is 9.94. The van der Waals surface area contributed by atoms with Crippen LogP contribution in [0, 0.1) is 5.92 Å². The molecule has 0 aliphatic carbocycles. The number of benzene rings is 1. The second kappa shape index (κ2) is 7.24. The Labute approximate surface area is 124 Å². The van der Waals surface area contributed by atoms with Crippen molar-refractivity contribution in [3.8, 4) is 0 Å². The molecule has 1 saturated heterocycles. The molecular weight excluding hydrogens is 244 g/mol. The molecular formula is C18H30N2. The highest BCUT2D eigenvalue weighted by Crippen LogP contribution is 2.28. The van der Waals surface area contributed by atoms with Gasteiger partial charge in [0.15, 0.2) is 0 Å². The van der Waals surface area contributed by atoms with Crippen LogP contribution < -0.4 is 5.32 Å². The Morgan fingerprint density at radius 3 is 2.50 bits per heavy atom. The molecule has 3 unspecified atom stereocenters. The molecule has 0 bridgehead atoms. The molecule has 1 N–H and O–H groups in total. The number of hydrogen-bond donors (Lipinski definition) is 1. The van der Waals surface area contributed by atoms with Gasteiger partial charge in [0.2, 0.25) is 0 Å². The minimum atomic E-state index is 0.521. The molecule has 1 aromatic carbocycles. The van der Waals surface area contributed by atoms with Crippen molar-refractivity contribution in [3.05, 3.63) is 35.9 Å². The second-order valence-corrected chi connectivity index (χ2v) is 6.52. The van der Waals surface area contributed by atoms with Crippen molar-refractivity contribution in [2.45, 2.75) is 58.7 Å². The highest BCUT2D eigenvalue weighted by atomic mass is 15.3. The fourth-order valence-electron chi connectivity index (χ4n) is 3.30. The molecule has 20 heavy (non-hydrogen) atoms. The van der Waals surface area contributed by atoms with E-state index < -0.39 is 0 Å². The quantitative estimate of drug-likeness (QED) is 0.877. The van der Waals surface area contributed by atoms with E-state index in [2.05, 4.69) is 68.2 Å². The van der Waals surface area contributed by atoms with Gasteiger partial charge in [0.25, 0.3) is 0 Å². The molecule has 0 radical (unpaired) electrons. The van der Waals surface area contributed by atoms with Crippen molar-refractivity contribution in [1.82, 2.24) is 10.2 Å². The van der Waals surface area contributed by atoms with Crippen molar-refractivity contribution in [2.75, 3.05) is 13.1 Å². The number of rotatable bonds is 5. The molecule has 112 valence electrons. The minimum Gasteiger partial charge on any atom is -0.311 e. The van der Waals surface area contributed by atoms with E-state index >= 15 is 0 Å². The predicted octanol–water partition coefficient (Wildman–Crippen LogP) is 3.85. The molecule has 0 aromatic heterocycles. The van der Waals surface area contributed by atoms with Crippen LogP contribution in [0.1, 0.15) is 52.1 Å². The maximum atomic E-state index is 3.75. The Morgan fingerprint density at radius 1 is 1.20 bits per heavy atom. The van der Waals surface area contributed by atoms with Crippen LogP contribution in [0.25, 0.3) is 0 Å². The standard InChI is InChI=1S/C18H30N2/c1-5-9-15(4)20-13-17(14(2)3)19-12-18(20)16-10-7-6-8-11-16/h6-8,10-11,14-15,17-19H,5,9,12-13H2,1-4H3. The third-order valence-electron chi connectivity index (χ3n) is 4.64. The van der Waals surface area contributed by atoms with E-state index in [9.17, 15) is 0 Å².